The lowest BCUT2D eigenvalue weighted by Gasteiger charge is -2.33. The standard InChI is InChI=1S/C30H35N3O4S/c1-24(30(35)31-26-16-8-3-9-17-26)32(22-25-14-6-2-7-15-25)29(34)23-33(27-18-10-4-11-19-27)38(36,37)28-20-12-5-13-21-28/h2,4-7,10-15,18-21,24,26H,3,8-9,16-17,22-23H2,1H3,(H,31,35)/t24-/m1/s1. The quantitative estimate of drug-likeness (QED) is 0.408. The number of para-hydroxylation sites is 1. The minimum absolute atomic E-state index is 0.0920. The fraction of sp³-hybridized carbons (Fsp3) is 0.333. The van der Waals surface area contributed by atoms with Gasteiger partial charge >= 0.3 is 0 Å². The highest BCUT2D eigenvalue weighted by Gasteiger charge is 2.33. The summed E-state index contributed by atoms with van der Waals surface area (Å²) in [6, 6.07) is 25.4. The van der Waals surface area contributed by atoms with Gasteiger partial charge in [-0.2, -0.15) is 0 Å². The Hall–Kier alpha value is -3.65. The first-order valence-corrected chi connectivity index (χ1v) is 14.6. The van der Waals surface area contributed by atoms with Gasteiger partial charge in [-0.15, -0.1) is 0 Å². The summed E-state index contributed by atoms with van der Waals surface area (Å²) in [5.41, 5.74) is 1.24. The first kappa shape index (κ1) is 27.4. The molecule has 1 aliphatic carbocycles. The van der Waals surface area contributed by atoms with Crippen LogP contribution in [0.1, 0.15) is 44.6 Å². The highest BCUT2D eigenvalue weighted by atomic mass is 32.2. The van der Waals surface area contributed by atoms with Gasteiger partial charge in [-0.25, -0.2) is 8.42 Å². The van der Waals surface area contributed by atoms with E-state index in [1.165, 1.54) is 23.5 Å². The van der Waals surface area contributed by atoms with E-state index in [1.54, 1.807) is 55.5 Å². The molecule has 1 atom stereocenters. The lowest BCUT2D eigenvalue weighted by molar-refractivity contribution is -0.139. The number of sulfonamides is 1. The molecule has 200 valence electrons. The van der Waals surface area contributed by atoms with Crippen molar-refractivity contribution in [2.75, 3.05) is 10.8 Å². The normalized spacial score (nSPS) is 14.9. The molecule has 3 aromatic rings. The maximum Gasteiger partial charge on any atom is 0.264 e. The van der Waals surface area contributed by atoms with Gasteiger partial charge < -0.3 is 10.2 Å². The fourth-order valence-electron chi connectivity index (χ4n) is 4.77. The maximum atomic E-state index is 13.9. The second kappa shape index (κ2) is 12.7. The number of benzene rings is 3. The summed E-state index contributed by atoms with van der Waals surface area (Å²) in [5, 5.41) is 3.12. The van der Waals surface area contributed by atoms with Crippen LogP contribution in [-0.2, 0) is 26.2 Å². The summed E-state index contributed by atoms with van der Waals surface area (Å²) < 4.78 is 28.5. The average Bonchev–Trinajstić information content (AvgIpc) is 2.96. The molecule has 0 saturated heterocycles. The largest absolute Gasteiger partial charge is 0.352 e. The number of hydrogen-bond acceptors (Lipinski definition) is 4. The van der Waals surface area contributed by atoms with E-state index in [4.69, 9.17) is 0 Å². The maximum absolute atomic E-state index is 13.9. The SMILES string of the molecule is C[C@H](C(=O)NC1CCCCC1)N(Cc1ccccc1)C(=O)CN(c1ccccc1)S(=O)(=O)c1ccccc1. The summed E-state index contributed by atoms with van der Waals surface area (Å²) in [7, 11) is -4.04. The van der Waals surface area contributed by atoms with Gasteiger partial charge in [-0.1, -0.05) is 86.0 Å². The molecule has 8 heteroatoms. The van der Waals surface area contributed by atoms with E-state index in [0.29, 0.717) is 5.69 Å². The fourth-order valence-corrected chi connectivity index (χ4v) is 6.21. The minimum atomic E-state index is -4.04. The molecule has 0 spiro atoms. The van der Waals surface area contributed by atoms with Gasteiger partial charge in [0.25, 0.3) is 10.0 Å². The van der Waals surface area contributed by atoms with Crippen LogP contribution in [0.25, 0.3) is 0 Å². The van der Waals surface area contributed by atoms with E-state index in [1.807, 2.05) is 30.3 Å². The number of anilines is 1. The van der Waals surface area contributed by atoms with Gasteiger partial charge in [-0.3, -0.25) is 13.9 Å². The minimum Gasteiger partial charge on any atom is -0.352 e. The molecule has 0 unspecified atom stereocenters. The topological polar surface area (TPSA) is 86.8 Å². The van der Waals surface area contributed by atoms with Crippen molar-refractivity contribution in [1.29, 1.82) is 0 Å². The molecule has 0 aromatic heterocycles. The molecule has 0 bridgehead atoms. The van der Waals surface area contributed by atoms with E-state index in [9.17, 15) is 18.0 Å². The van der Waals surface area contributed by atoms with Gasteiger partial charge in [0.1, 0.15) is 12.6 Å². The van der Waals surface area contributed by atoms with Gasteiger partial charge in [0.05, 0.1) is 10.6 Å². The summed E-state index contributed by atoms with van der Waals surface area (Å²) in [5.74, 6) is -0.679. The zero-order valence-corrected chi connectivity index (χ0v) is 22.5. The number of carbonyl (C=O) groups excluding carboxylic acids is 2. The molecular formula is C30H35N3O4S. The van der Waals surface area contributed by atoms with Crippen molar-refractivity contribution in [2.24, 2.45) is 0 Å². The molecule has 1 fully saturated rings. The molecule has 0 aliphatic heterocycles. The van der Waals surface area contributed by atoms with Crippen molar-refractivity contribution < 1.29 is 18.0 Å². The second-order valence-corrected chi connectivity index (χ2v) is 11.5. The van der Waals surface area contributed by atoms with Crippen molar-refractivity contribution in [1.82, 2.24) is 10.2 Å². The van der Waals surface area contributed by atoms with Crippen LogP contribution in [0.3, 0.4) is 0 Å². The van der Waals surface area contributed by atoms with Crippen LogP contribution in [0.5, 0.6) is 0 Å². The third-order valence-electron chi connectivity index (χ3n) is 6.97. The zero-order chi connectivity index (χ0) is 27.0. The zero-order valence-electron chi connectivity index (χ0n) is 21.7. The Morgan fingerprint density at radius 2 is 1.39 bits per heavy atom. The van der Waals surface area contributed by atoms with E-state index in [2.05, 4.69) is 5.32 Å². The van der Waals surface area contributed by atoms with Crippen LogP contribution < -0.4 is 9.62 Å². The van der Waals surface area contributed by atoms with Gasteiger partial charge in [0, 0.05) is 12.6 Å². The van der Waals surface area contributed by atoms with Crippen LogP contribution in [0.4, 0.5) is 5.69 Å². The summed E-state index contributed by atoms with van der Waals surface area (Å²) in [6.45, 7) is 1.46. The molecule has 4 rings (SSSR count). The molecule has 7 nitrogen and oxygen atoms in total. The molecule has 1 aliphatic rings. The van der Waals surface area contributed by atoms with E-state index in [0.717, 1.165) is 35.6 Å². The van der Waals surface area contributed by atoms with Crippen LogP contribution in [0.2, 0.25) is 0 Å². The van der Waals surface area contributed by atoms with E-state index in [-0.39, 0.29) is 23.4 Å². The number of amides is 2. The van der Waals surface area contributed by atoms with Gasteiger partial charge in [0.2, 0.25) is 11.8 Å². The number of nitrogens with one attached hydrogen (secondary N) is 1. The Kier molecular flexibility index (Phi) is 9.18. The Balaban J connectivity index is 1.63. The van der Waals surface area contributed by atoms with Gasteiger partial charge in [0.15, 0.2) is 0 Å². The first-order valence-electron chi connectivity index (χ1n) is 13.1. The number of hydrogen-bond donors (Lipinski definition) is 1. The Labute approximate surface area is 225 Å². The number of carbonyl (C=O) groups is 2. The Morgan fingerprint density at radius 1 is 0.842 bits per heavy atom. The predicted molar refractivity (Wildman–Crippen MR) is 149 cm³/mol. The van der Waals surface area contributed by atoms with Crippen LogP contribution >= 0.6 is 0 Å². The number of nitrogens with zero attached hydrogens (tertiary/aromatic N) is 2. The third kappa shape index (κ3) is 6.81. The Bertz CT molecular complexity index is 1300. The molecule has 0 heterocycles. The predicted octanol–water partition coefficient (Wildman–Crippen LogP) is 4.75. The van der Waals surface area contributed by atoms with E-state index >= 15 is 0 Å². The first-order chi connectivity index (χ1) is 18.4. The lowest BCUT2D eigenvalue weighted by Crippen LogP contribution is -2.53. The van der Waals surface area contributed by atoms with Crippen LogP contribution in [0, 0.1) is 0 Å². The van der Waals surface area contributed by atoms with Crippen molar-refractivity contribution in [3.63, 3.8) is 0 Å². The molecule has 2 amide bonds. The second-order valence-electron chi connectivity index (χ2n) is 9.69. The lowest BCUT2D eigenvalue weighted by atomic mass is 9.95. The molecule has 38 heavy (non-hydrogen) atoms. The average molecular weight is 534 g/mol. The van der Waals surface area contributed by atoms with E-state index < -0.39 is 28.5 Å². The van der Waals surface area contributed by atoms with Crippen molar-refractivity contribution >= 4 is 27.5 Å². The summed E-state index contributed by atoms with van der Waals surface area (Å²) in [6.07, 6.45) is 5.20. The van der Waals surface area contributed by atoms with Crippen molar-refractivity contribution in [2.45, 2.75) is 62.6 Å². The highest BCUT2D eigenvalue weighted by Crippen LogP contribution is 2.24. The molecule has 3 aromatic carbocycles. The summed E-state index contributed by atoms with van der Waals surface area (Å²) >= 11 is 0. The smallest absolute Gasteiger partial charge is 0.264 e. The molecule has 1 saturated carbocycles. The molecular weight excluding hydrogens is 498 g/mol. The van der Waals surface area contributed by atoms with Crippen LogP contribution in [-0.4, -0.2) is 43.8 Å². The van der Waals surface area contributed by atoms with Gasteiger partial charge in [-0.05, 0) is 49.6 Å². The third-order valence-corrected chi connectivity index (χ3v) is 8.76. The monoisotopic (exact) mass is 533 g/mol. The van der Waals surface area contributed by atoms with Crippen LogP contribution in [0.15, 0.2) is 95.9 Å². The molecule has 1 N–H and O–H groups in total. The van der Waals surface area contributed by atoms with Crippen molar-refractivity contribution in [3.8, 4) is 0 Å². The Morgan fingerprint density at radius 3 is 2.00 bits per heavy atom. The highest BCUT2D eigenvalue weighted by molar-refractivity contribution is 7.92. The molecule has 0 radical (unpaired) electrons. The summed E-state index contributed by atoms with van der Waals surface area (Å²) in [4.78, 5) is 28.7. The number of rotatable bonds is 10. The van der Waals surface area contributed by atoms with Crippen molar-refractivity contribution in [3.05, 3.63) is 96.6 Å².